The third-order valence-corrected chi connectivity index (χ3v) is 7.80. The number of ether oxygens (including phenoxy) is 2. The second-order valence-corrected chi connectivity index (χ2v) is 10.9. The van der Waals surface area contributed by atoms with Crippen molar-refractivity contribution in [1.82, 2.24) is 15.2 Å². The molecule has 3 aromatic carbocycles. The molecule has 4 aromatic rings. The second kappa shape index (κ2) is 14.5. The van der Waals surface area contributed by atoms with Gasteiger partial charge in [-0.25, -0.2) is 4.79 Å². The van der Waals surface area contributed by atoms with Crippen LogP contribution in [0.1, 0.15) is 48.8 Å². The average molecular weight is 565 g/mol. The molecule has 1 aliphatic carbocycles. The highest BCUT2D eigenvalue weighted by Crippen LogP contribution is 2.27. The fourth-order valence-corrected chi connectivity index (χ4v) is 5.40. The summed E-state index contributed by atoms with van der Waals surface area (Å²) in [5, 5.41) is 6.73. The number of rotatable bonds is 11. The molecule has 0 saturated heterocycles. The number of carbonyl (C=O) groups excluding carboxylic acids is 1. The van der Waals surface area contributed by atoms with E-state index in [1.807, 2.05) is 12.1 Å². The summed E-state index contributed by atoms with van der Waals surface area (Å²) >= 11 is 0. The first-order chi connectivity index (χ1) is 20.6. The molecular formula is C35H40N4O3. The number of urea groups is 1. The van der Waals surface area contributed by atoms with E-state index in [1.165, 1.54) is 43.2 Å². The number of carbonyl (C=O) groups is 1. The Labute approximate surface area is 248 Å². The molecule has 5 rings (SSSR count). The van der Waals surface area contributed by atoms with Gasteiger partial charge >= 0.3 is 6.03 Å². The number of aromatic nitrogens is 1. The third kappa shape index (κ3) is 8.10. The van der Waals surface area contributed by atoms with Crippen molar-refractivity contribution < 1.29 is 14.3 Å². The lowest BCUT2D eigenvalue weighted by molar-refractivity contribution is 0.206. The molecule has 218 valence electrons. The van der Waals surface area contributed by atoms with Crippen molar-refractivity contribution in [2.45, 2.75) is 57.8 Å². The van der Waals surface area contributed by atoms with Gasteiger partial charge in [0.1, 0.15) is 11.5 Å². The highest BCUT2D eigenvalue weighted by Gasteiger charge is 2.17. The number of nitrogens with zero attached hydrogens (tertiary/aromatic N) is 2. The van der Waals surface area contributed by atoms with E-state index in [1.54, 1.807) is 49.7 Å². The molecule has 1 aromatic heterocycles. The van der Waals surface area contributed by atoms with Crippen LogP contribution >= 0.6 is 0 Å². The molecule has 2 N–H and O–H groups in total. The van der Waals surface area contributed by atoms with Gasteiger partial charge in [0.05, 0.1) is 14.2 Å². The van der Waals surface area contributed by atoms with E-state index in [0.717, 1.165) is 23.2 Å². The normalized spacial score (nSPS) is 13.4. The largest absolute Gasteiger partial charge is 0.497 e. The minimum atomic E-state index is -0.226. The summed E-state index contributed by atoms with van der Waals surface area (Å²) in [7, 11) is 3.17. The van der Waals surface area contributed by atoms with Crippen molar-refractivity contribution in [2.24, 2.45) is 0 Å². The van der Waals surface area contributed by atoms with Crippen LogP contribution < -0.4 is 20.1 Å². The van der Waals surface area contributed by atoms with Crippen molar-refractivity contribution in [3.05, 3.63) is 108 Å². The first kappa shape index (κ1) is 29.1. The van der Waals surface area contributed by atoms with Crippen molar-refractivity contribution in [2.75, 3.05) is 19.5 Å². The van der Waals surface area contributed by atoms with Crippen molar-refractivity contribution in [1.29, 1.82) is 0 Å². The van der Waals surface area contributed by atoms with E-state index in [2.05, 4.69) is 64.1 Å². The van der Waals surface area contributed by atoms with Gasteiger partial charge in [0, 0.05) is 62.0 Å². The summed E-state index contributed by atoms with van der Waals surface area (Å²) in [4.78, 5) is 19.5. The number of hydrogen-bond donors (Lipinski definition) is 2. The topological polar surface area (TPSA) is 75.7 Å². The van der Waals surface area contributed by atoms with Gasteiger partial charge in [-0.15, -0.1) is 0 Å². The number of anilines is 1. The van der Waals surface area contributed by atoms with Crippen LogP contribution in [0.2, 0.25) is 0 Å². The van der Waals surface area contributed by atoms with Crippen LogP contribution in [-0.4, -0.2) is 36.2 Å². The van der Waals surface area contributed by atoms with Gasteiger partial charge < -0.3 is 25.0 Å². The van der Waals surface area contributed by atoms with E-state index in [4.69, 9.17) is 9.47 Å². The van der Waals surface area contributed by atoms with Crippen LogP contribution in [0.4, 0.5) is 10.5 Å². The maximum absolute atomic E-state index is 13.5. The summed E-state index contributed by atoms with van der Waals surface area (Å²) in [6, 6.07) is 26.8. The van der Waals surface area contributed by atoms with Crippen LogP contribution in [0.3, 0.4) is 0 Å². The van der Waals surface area contributed by atoms with Crippen LogP contribution in [-0.2, 0) is 19.6 Å². The number of amides is 2. The first-order valence-electron chi connectivity index (χ1n) is 14.7. The van der Waals surface area contributed by atoms with Crippen molar-refractivity contribution >= 4 is 11.7 Å². The number of benzene rings is 3. The molecule has 1 heterocycles. The van der Waals surface area contributed by atoms with Crippen LogP contribution in [0.5, 0.6) is 11.5 Å². The second-order valence-electron chi connectivity index (χ2n) is 10.9. The molecule has 0 bridgehead atoms. The Morgan fingerprint density at radius 3 is 2.02 bits per heavy atom. The van der Waals surface area contributed by atoms with Gasteiger partial charge in [-0.3, -0.25) is 4.98 Å². The number of pyridine rings is 1. The summed E-state index contributed by atoms with van der Waals surface area (Å²) in [5.41, 5.74) is 6.23. The quantitative estimate of drug-likeness (QED) is 0.198. The van der Waals surface area contributed by atoms with Gasteiger partial charge in [-0.1, -0.05) is 73.9 Å². The highest BCUT2D eigenvalue weighted by molar-refractivity contribution is 5.89. The van der Waals surface area contributed by atoms with E-state index in [9.17, 15) is 4.79 Å². The Morgan fingerprint density at radius 1 is 0.810 bits per heavy atom. The molecule has 0 unspecified atom stereocenters. The molecule has 0 aliphatic heterocycles. The molecule has 1 aliphatic rings. The Morgan fingerprint density at radius 2 is 1.43 bits per heavy atom. The lowest BCUT2D eigenvalue weighted by Gasteiger charge is -2.24. The van der Waals surface area contributed by atoms with E-state index in [-0.39, 0.29) is 6.03 Å². The standard InChI is InChI=1S/C35H40N4O3/c1-41-33-19-32(20-34(21-33)42-2)38-35(40)39(25-28-7-6-18-36-22-28)24-27-12-16-30(17-13-27)29-14-10-26(11-15-29)23-37-31-8-4-3-5-9-31/h6-7,10-22,31,37H,3-5,8-9,23-25H2,1-2H3,(H,38,40). The molecule has 2 amide bonds. The SMILES string of the molecule is COc1cc(NC(=O)N(Cc2ccc(-c3ccc(CNC4CCCCC4)cc3)cc2)Cc2cccnc2)cc(OC)c1. The van der Waals surface area contributed by atoms with E-state index >= 15 is 0 Å². The Kier molecular flexibility index (Phi) is 10.1. The van der Waals surface area contributed by atoms with E-state index < -0.39 is 0 Å². The molecule has 0 atom stereocenters. The lowest BCUT2D eigenvalue weighted by Crippen LogP contribution is -2.34. The average Bonchev–Trinajstić information content (AvgIpc) is 3.05. The van der Waals surface area contributed by atoms with E-state index in [0.29, 0.717) is 36.3 Å². The molecule has 1 fully saturated rings. The zero-order chi connectivity index (χ0) is 29.1. The zero-order valence-corrected chi connectivity index (χ0v) is 24.5. The molecule has 7 nitrogen and oxygen atoms in total. The Balaban J connectivity index is 1.25. The fraction of sp³-hybridized carbons (Fsp3) is 0.314. The van der Waals surface area contributed by atoms with Gasteiger partial charge in [-0.05, 0) is 46.7 Å². The minimum absolute atomic E-state index is 0.226. The number of nitrogens with one attached hydrogen (secondary N) is 2. The van der Waals surface area contributed by atoms with Crippen LogP contribution in [0.15, 0.2) is 91.3 Å². The number of methoxy groups -OCH3 is 2. The summed E-state index contributed by atoms with van der Waals surface area (Å²) < 4.78 is 10.7. The maximum atomic E-state index is 13.5. The predicted octanol–water partition coefficient (Wildman–Crippen LogP) is 7.42. The van der Waals surface area contributed by atoms with Gasteiger partial charge in [0.2, 0.25) is 0 Å². The smallest absolute Gasteiger partial charge is 0.322 e. The van der Waals surface area contributed by atoms with Gasteiger partial charge in [-0.2, -0.15) is 0 Å². The Bertz CT molecular complexity index is 1400. The third-order valence-electron chi connectivity index (χ3n) is 7.80. The van der Waals surface area contributed by atoms with Gasteiger partial charge in [0.15, 0.2) is 0 Å². The zero-order valence-electron chi connectivity index (χ0n) is 24.5. The van der Waals surface area contributed by atoms with Gasteiger partial charge in [0.25, 0.3) is 0 Å². The summed E-state index contributed by atoms with van der Waals surface area (Å²) in [5.74, 6) is 1.21. The van der Waals surface area contributed by atoms with Crippen molar-refractivity contribution in [3.63, 3.8) is 0 Å². The molecule has 7 heteroatoms. The highest BCUT2D eigenvalue weighted by atomic mass is 16.5. The predicted molar refractivity (Wildman–Crippen MR) is 168 cm³/mol. The molecular weight excluding hydrogens is 524 g/mol. The first-order valence-corrected chi connectivity index (χ1v) is 14.7. The van der Waals surface area contributed by atoms with Crippen LogP contribution in [0.25, 0.3) is 11.1 Å². The molecule has 0 spiro atoms. The molecule has 0 radical (unpaired) electrons. The monoisotopic (exact) mass is 564 g/mol. The minimum Gasteiger partial charge on any atom is -0.497 e. The maximum Gasteiger partial charge on any atom is 0.322 e. The number of hydrogen-bond acceptors (Lipinski definition) is 5. The lowest BCUT2D eigenvalue weighted by atomic mass is 9.95. The Hall–Kier alpha value is -4.36. The molecule has 1 saturated carbocycles. The van der Waals surface area contributed by atoms with Crippen LogP contribution in [0, 0.1) is 0 Å². The summed E-state index contributed by atoms with van der Waals surface area (Å²) in [6.45, 7) is 1.77. The fourth-order valence-electron chi connectivity index (χ4n) is 5.40. The molecule has 42 heavy (non-hydrogen) atoms. The summed E-state index contributed by atoms with van der Waals surface area (Å²) in [6.07, 6.45) is 10.2. The van der Waals surface area contributed by atoms with Crippen molar-refractivity contribution in [3.8, 4) is 22.6 Å².